The molecule has 5 heteroatoms. The van der Waals surface area contributed by atoms with Gasteiger partial charge in [-0.15, -0.1) is 0 Å². The highest BCUT2D eigenvalue weighted by molar-refractivity contribution is 7.80. The summed E-state index contributed by atoms with van der Waals surface area (Å²) < 4.78 is 0. The Morgan fingerprint density at radius 1 is 1.40 bits per heavy atom. The van der Waals surface area contributed by atoms with Gasteiger partial charge in [0.25, 0.3) is 0 Å². The van der Waals surface area contributed by atoms with E-state index in [1.165, 1.54) is 18.2 Å². The third-order valence-corrected chi connectivity index (χ3v) is 2.53. The first-order valence-electron chi connectivity index (χ1n) is 4.26. The van der Waals surface area contributed by atoms with Gasteiger partial charge in [-0.2, -0.15) is 17.9 Å². The molecule has 1 aromatic rings. The minimum atomic E-state index is -1.08. The summed E-state index contributed by atoms with van der Waals surface area (Å²) in [6.07, 6.45) is -2.05. The third kappa shape index (κ3) is 3.11. The van der Waals surface area contributed by atoms with E-state index < -0.39 is 12.2 Å². The summed E-state index contributed by atoms with van der Waals surface area (Å²) in [4.78, 5) is 0. The van der Waals surface area contributed by atoms with E-state index in [0.29, 0.717) is 16.1 Å². The molecule has 2 N–H and O–H groups in total. The van der Waals surface area contributed by atoms with Crippen molar-refractivity contribution in [3.8, 4) is 6.07 Å². The van der Waals surface area contributed by atoms with Gasteiger partial charge in [0.1, 0.15) is 6.10 Å². The number of hydrogen-bond donors (Lipinski definition) is 3. The summed E-state index contributed by atoms with van der Waals surface area (Å²) >= 11 is 9.63. The molecule has 1 rings (SSSR count). The van der Waals surface area contributed by atoms with Crippen LogP contribution in [0, 0.1) is 11.3 Å². The van der Waals surface area contributed by atoms with E-state index in [9.17, 15) is 10.2 Å². The first kappa shape index (κ1) is 12.3. The van der Waals surface area contributed by atoms with Gasteiger partial charge in [-0.25, -0.2) is 0 Å². The van der Waals surface area contributed by atoms with Crippen molar-refractivity contribution in [2.75, 3.05) is 5.75 Å². The highest BCUT2D eigenvalue weighted by atomic mass is 35.5. The number of nitriles is 1. The molecule has 80 valence electrons. The van der Waals surface area contributed by atoms with E-state index in [0.717, 1.165) is 0 Å². The minimum absolute atomic E-state index is 0.134. The predicted octanol–water partition coefficient (Wildman–Crippen LogP) is 1.54. The van der Waals surface area contributed by atoms with Crippen LogP contribution in [0.4, 0.5) is 0 Å². The van der Waals surface area contributed by atoms with Gasteiger partial charge < -0.3 is 10.2 Å². The molecule has 0 heterocycles. The van der Waals surface area contributed by atoms with E-state index in [1.807, 2.05) is 6.07 Å². The number of hydrogen-bond acceptors (Lipinski definition) is 4. The molecule has 2 unspecified atom stereocenters. The fourth-order valence-corrected chi connectivity index (χ4v) is 1.61. The second kappa shape index (κ2) is 5.38. The number of nitrogens with zero attached hydrogens (tertiary/aromatic N) is 1. The van der Waals surface area contributed by atoms with Crippen LogP contribution < -0.4 is 0 Å². The number of aliphatic hydroxyl groups excluding tert-OH is 2. The first-order valence-corrected chi connectivity index (χ1v) is 5.27. The zero-order chi connectivity index (χ0) is 11.4. The predicted molar refractivity (Wildman–Crippen MR) is 61.0 cm³/mol. The van der Waals surface area contributed by atoms with E-state index >= 15 is 0 Å². The van der Waals surface area contributed by atoms with Gasteiger partial charge in [0, 0.05) is 10.8 Å². The molecular weight excluding hydrogens is 234 g/mol. The zero-order valence-corrected chi connectivity index (χ0v) is 9.41. The molecule has 0 spiro atoms. The molecule has 0 saturated heterocycles. The Labute approximate surface area is 98.3 Å². The SMILES string of the molecule is N#Cc1cc(Cl)cc(C(O)C(O)CS)c1. The Morgan fingerprint density at radius 2 is 2.07 bits per heavy atom. The minimum Gasteiger partial charge on any atom is -0.389 e. The van der Waals surface area contributed by atoms with Gasteiger partial charge in [0.15, 0.2) is 0 Å². The van der Waals surface area contributed by atoms with Crippen molar-refractivity contribution in [3.05, 3.63) is 34.3 Å². The van der Waals surface area contributed by atoms with Crippen LogP contribution in [0.1, 0.15) is 17.2 Å². The Hall–Kier alpha value is -0.730. The summed E-state index contributed by atoms with van der Waals surface area (Å²) in [6, 6.07) is 6.42. The normalized spacial score (nSPS) is 14.3. The van der Waals surface area contributed by atoms with Crippen molar-refractivity contribution < 1.29 is 10.2 Å². The number of thiol groups is 1. The molecule has 0 aliphatic rings. The highest BCUT2D eigenvalue weighted by Crippen LogP contribution is 2.23. The molecule has 3 nitrogen and oxygen atoms in total. The molecule has 0 bridgehead atoms. The van der Waals surface area contributed by atoms with Crippen LogP contribution in [0.2, 0.25) is 5.02 Å². The van der Waals surface area contributed by atoms with Crippen molar-refractivity contribution in [1.82, 2.24) is 0 Å². The molecular formula is C10H10ClNO2S. The lowest BCUT2D eigenvalue weighted by molar-refractivity contribution is 0.0337. The van der Waals surface area contributed by atoms with Gasteiger partial charge in [0.2, 0.25) is 0 Å². The van der Waals surface area contributed by atoms with Gasteiger partial charge in [-0.3, -0.25) is 0 Å². The molecule has 0 amide bonds. The van der Waals surface area contributed by atoms with Gasteiger partial charge >= 0.3 is 0 Å². The summed E-state index contributed by atoms with van der Waals surface area (Å²) in [5.74, 6) is 0.134. The quantitative estimate of drug-likeness (QED) is 0.706. The van der Waals surface area contributed by atoms with E-state index in [2.05, 4.69) is 12.6 Å². The molecule has 1 aromatic carbocycles. The smallest absolute Gasteiger partial charge is 0.106 e. The van der Waals surface area contributed by atoms with Crippen LogP contribution in [0.15, 0.2) is 18.2 Å². The zero-order valence-electron chi connectivity index (χ0n) is 7.76. The first-order chi connectivity index (χ1) is 7.08. The van der Waals surface area contributed by atoms with E-state index in [4.69, 9.17) is 16.9 Å². The lowest BCUT2D eigenvalue weighted by atomic mass is 10.0. The fraction of sp³-hybridized carbons (Fsp3) is 0.300. The molecule has 0 saturated carbocycles. The Kier molecular flexibility index (Phi) is 4.43. The lowest BCUT2D eigenvalue weighted by Crippen LogP contribution is -2.19. The average molecular weight is 244 g/mol. The number of rotatable bonds is 3. The summed E-state index contributed by atoms with van der Waals surface area (Å²) in [7, 11) is 0. The van der Waals surface area contributed by atoms with Crippen LogP contribution in [-0.4, -0.2) is 22.1 Å². The standard InChI is InChI=1S/C10H10ClNO2S/c11-8-2-6(4-12)1-7(3-8)10(14)9(13)5-15/h1-3,9-10,13-15H,5H2. The maximum absolute atomic E-state index is 9.67. The van der Waals surface area contributed by atoms with Gasteiger partial charge in [-0.1, -0.05) is 11.6 Å². The largest absolute Gasteiger partial charge is 0.389 e. The van der Waals surface area contributed by atoms with Gasteiger partial charge in [-0.05, 0) is 23.8 Å². The molecule has 0 radical (unpaired) electrons. The highest BCUT2D eigenvalue weighted by Gasteiger charge is 2.17. The number of aliphatic hydroxyl groups is 2. The van der Waals surface area contributed by atoms with Crippen molar-refractivity contribution in [2.24, 2.45) is 0 Å². The van der Waals surface area contributed by atoms with Crippen LogP contribution in [0.3, 0.4) is 0 Å². The van der Waals surface area contributed by atoms with Crippen molar-refractivity contribution in [2.45, 2.75) is 12.2 Å². The second-order valence-electron chi connectivity index (χ2n) is 3.08. The Morgan fingerprint density at radius 3 is 2.60 bits per heavy atom. The fourth-order valence-electron chi connectivity index (χ4n) is 1.17. The third-order valence-electron chi connectivity index (χ3n) is 1.94. The van der Waals surface area contributed by atoms with Crippen molar-refractivity contribution >= 4 is 24.2 Å². The lowest BCUT2D eigenvalue weighted by Gasteiger charge is -2.16. The molecule has 0 fully saturated rings. The Balaban J connectivity index is 3.04. The molecule has 15 heavy (non-hydrogen) atoms. The van der Waals surface area contributed by atoms with Gasteiger partial charge in [0.05, 0.1) is 17.7 Å². The monoisotopic (exact) mass is 243 g/mol. The maximum Gasteiger partial charge on any atom is 0.106 e. The van der Waals surface area contributed by atoms with Crippen molar-refractivity contribution in [3.63, 3.8) is 0 Å². The van der Waals surface area contributed by atoms with Crippen LogP contribution >= 0.6 is 24.2 Å². The summed E-state index contributed by atoms with van der Waals surface area (Å²) in [6.45, 7) is 0. The van der Waals surface area contributed by atoms with Crippen molar-refractivity contribution in [1.29, 1.82) is 5.26 Å². The molecule has 0 aromatic heterocycles. The van der Waals surface area contributed by atoms with E-state index in [1.54, 1.807) is 0 Å². The molecule has 0 aliphatic heterocycles. The van der Waals surface area contributed by atoms with Crippen LogP contribution in [-0.2, 0) is 0 Å². The van der Waals surface area contributed by atoms with Crippen LogP contribution in [0.25, 0.3) is 0 Å². The summed E-state index contributed by atoms with van der Waals surface area (Å²) in [5.41, 5.74) is 0.767. The maximum atomic E-state index is 9.67. The second-order valence-corrected chi connectivity index (χ2v) is 3.88. The molecule has 2 atom stereocenters. The number of benzene rings is 1. The topological polar surface area (TPSA) is 64.2 Å². The van der Waals surface area contributed by atoms with E-state index in [-0.39, 0.29) is 5.75 Å². The average Bonchev–Trinajstić information content (AvgIpc) is 2.26. The Bertz CT molecular complexity index is 391. The summed E-state index contributed by atoms with van der Waals surface area (Å²) in [5, 5.41) is 28.1. The molecule has 0 aliphatic carbocycles. The van der Waals surface area contributed by atoms with Crippen LogP contribution in [0.5, 0.6) is 0 Å². The number of halogens is 1.